The quantitative estimate of drug-likeness (QED) is 0.917. The molecule has 2 aliphatic heterocycles. The Morgan fingerprint density at radius 2 is 2.15 bits per heavy atom. The van der Waals surface area contributed by atoms with Crippen molar-refractivity contribution in [1.29, 1.82) is 0 Å². The lowest BCUT2D eigenvalue weighted by molar-refractivity contribution is 0.109. The monoisotopic (exact) mass is 340 g/mol. The van der Waals surface area contributed by atoms with Gasteiger partial charge in [0.05, 0.1) is 15.9 Å². The summed E-state index contributed by atoms with van der Waals surface area (Å²) in [4.78, 5) is 2.67. The van der Waals surface area contributed by atoms with Crippen LogP contribution in [0, 0.1) is 6.92 Å². The molecule has 0 radical (unpaired) electrons. The van der Waals surface area contributed by atoms with Crippen molar-refractivity contribution in [3.05, 3.63) is 15.9 Å². The molecule has 112 valence electrons. The van der Waals surface area contributed by atoms with Gasteiger partial charge in [-0.3, -0.25) is 9.58 Å². The molecule has 2 unspecified atom stereocenters. The first-order valence-electron chi connectivity index (χ1n) is 7.82. The van der Waals surface area contributed by atoms with Crippen molar-refractivity contribution in [3.8, 4) is 0 Å². The van der Waals surface area contributed by atoms with Crippen LogP contribution in [0.2, 0.25) is 0 Å². The second-order valence-electron chi connectivity index (χ2n) is 6.21. The van der Waals surface area contributed by atoms with Crippen molar-refractivity contribution in [2.24, 2.45) is 7.05 Å². The van der Waals surface area contributed by atoms with Crippen LogP contribution in [0.3, 0.4) is 0 Å². The van der Waals surface area contributed by atoms with E-state index in [2.05, 4.69) is 45.2 Å². The number of nitrogens with one attached hydrogen (secondary N) is 1. The summed E-state index contributed by atoms with van der Waals surface area (Å²) in [6, 6.07) is 1.40. The summed E-state index contributed by atoms with van der Waals surface area (Å²) in [6.45, 7) is 5.50. The van der Waals surface area contributed by atoms with Gasteiger partial charge in [0.25, 0.3) is 0 Å². The van der Waals surface area contributed by atoms with Crippen LogP contribution < -0.4 is 5.32 Å². The zero-order chi connectivity index (χ0) is 14.1. The first-order chi connectivity index (χ1) is 9.66. The van der Waals surface area contributed by atoms with Crippen LogP contribution in [-0.2, 0) is 13.6 Å². The Labute approximate surface area is 130 Å². The molecule has 2 atom stereocenters. The van der Waals surface area contributed by atoms with Gasteiger partial charge in [-0.2, -0.15) is 5.10 Å². The molecule has 3 rings (SSSR count). The lowest BCUT2D eigenvalue weighted by Gasteiger charge is -2.39. The van der Waals surface area contributed by atoms with Crippen LogP contribution in [0.1, 0.15) is 43.5 Å². The van der Waals surface area contributed by atoms with Crippen LogP contribution in [0.25, 0.3) is 0 Å². The second-order valence-corrected chi connectivity index (χ2v) is 7.00. The fourth-order valence-corrected chi connectivity index (χ4v) is 4.21. The topological polar surface area (TPSA) is 33.1 Å². The van der Waals surface area contributed by atoms with E-state index in [1.807, 2.05) is 4.68 Å². The molecule has 2 aliphatic rings. The summed E-state index contributed by atoms with van der Waals surface area (Å²) in [6.07, 6.45) is 6.73. The van der Waals surface area contributed by atoms with Crippen molar-refractivity contribution in [2.45, 2.75) is 57.7 Å². The number of halogens is 1. The Balaban J connectivity index is 1.76. The third kappa shape index (κ3) is 2.81. The second kappa shape index (κ2) is 6.16. The Morgan fingerprint density at radius 3 is 2.80 bits per heavy atom. The van der Waals surface area contributed by atoms with Crippen LogP contribution in [0.15, 0.2) is 4.47 Å². The predicted octanol–water partition coefficient (Wildman–Crippen LogP) is 2.60. The summed E-state index contributed by atoms with van der Waals surface area (Å²) in [5.41, 5.74) is 2.41. The molecule has 3 heterocycles. The molecule has 5 heteroatoms. The van der Waals surface area contributed by atoms with E-state index in [4.69, 9.17) is 0 Å². The van der Waals surface area contributed by atoms with Crippen molar-refractivity contribution < 1.29 is 0 Å². The molecule has 1 aromatic rings. The van der Waals surface area contributed by atoms with Gasteiger partial charge in [0.2, 0.25) is 0 Å². The molecule has 2 fully saturated rings. The molecular weight excluding hydrogens is 316 g/mol. The summed E-state index contributed by atoms with van der Waals surface area (Å²) >= 11 is 3.71. The number of aryl methyl sites for hydroxylation is 2. The number of likely N-dealkylation sites (tertiary alicyclic amines) is 1. The van der Waals surface area contributed by atoms with E-state index in [9.17, 15) is 0 Å². The first kappa shape index (κ1) is 14.5. The van der Waals surface area contributed by atoms with Crippen LogP contribution in [0.4, 0.5) is 0 Å². The lowest BCUT2D eigenvalue weighted by atomic mass is 9.94. The van der Waals surface area contributed by atoms with Gasteiger partial charge in [-0.05, 0) is 61.6 Å². The zero-order valence-corrected chi connectivity index (χ0v) is 14.1. The average Bonchev–Trinajstić information content (AvgIpc) is 3.04. The molecule has 2 saturated heterocycles. The number of hydrogen-bond acceptors (Lipinski definition) is 3. The van der Waals surface area contributed by atoms with Gasteiger partial charge in [-0.15, -0.1) is 0 Å². The highest BCUT2D eigenvalue weighted by Crippen LogP contribution is 2.28. The Kier molecular flexibility index (Phi) is 4.48. The highest BCUT2D eigenvalue weighted by molar-refractivity contribution is 9.10. The Hall–Kier alpha value is -0.390. The minimum absolute atomic E-state index is 0.698. The van der Waals surface area contributed by atoms with Crippen LogP contribution >= 0.6 is 15.9 Å². The molecule has 0 saturated carbocycles. The summed E-state index contributed by atoms with van der Waals surface area (Å²) in [7, 11) is 2.06. The third-order valence-corrected chi connectivity index (χ3v) is 5.87. The number of nitrogens with zero attached hydrogens (tertiary/aromatic N) is 3. The van der Waals surface area contributed by atoms with E-state index in [0.717, 1.165) is 12.2 Å². The number of rotatable bonds is 3. The fourth-order valence-electron chi connectivity index (χ4n) is 3.75. The summed E-state index contributed by atoms with van der Waals surface area (Å²) < 4.78 is 3.22. The van der Waals surface area contributed by atoms with Gasteiger partial charge in [0.15, 0.2) is 0 Å². The van der Waals surface area contributed by atoms with Crippen molar-refractivity contribution in [2.75, 3.05) is 13.1 Å². The zero-order valence-electron chi connectivity index (χ0n) is 12.5. The largest absolute Gasteiger partial charge is 0.312 e. The highest BCUT2D eigenvalue weighted by Gasteiger charge is 2.32. The van der Waals surface area contributed by atoms with Gasteiger partial charge in [0, 0.05) is 25.7 Å². The van der Waals surface area contributed by atoms with Gasteiger partial charge >= 0.3 is 0 Å². The van der Waals surface area contributed by atoms with E-state index >= 15 is 0 Å². The van der Waals surface area contributed by atoms with Crippen molar-refractivity contribution in [3.63, 3.8) is 0 Å². The minimum Gasteiger partial charge on any atom is -0.312 e. The first-order valence-corrected chi connectivity index (χ1v) is 8.61. The predicted molar refractivity (Wildman–Crippen MR) is 84.7 cm³/mol. The number of piperidine rings is 1. The summed E-state index contributed by atoms with van der Waals surface area (Å²) in [5, 5.41) is 8.23. The smallest absolute Gasteiger partial charge is 0.0739 e. The molecule has 0 spiro atoms. The van der Waals surface area contributed by atoms with E-state index in [-0.39, 0.29) is 0 Å². The average molecular weight is 341 g/mol. The standard InChI is InChI=1S/C15H25BrN4/c1-11-15(16)14(19(2)18-11)10-20-9-4-3-7-13(20)12-6-5-8-17-12/h12-13,17H,3-10H2,1-2H3. The van der Waals surface area contributed by atoms with Crippen LogP contribution in [-0.4, -0.2) is 39.9 Å². The van der Waals surface area contributed by atoms with Crippen molar-refractivity contribution >= 4 is 15.9 Å². The highest BCUT2D eigenvalue weighted by atomic mass is 79.9. The maximum Gasteiger partial charge on any atom is 0.0739 e. The molecule has 1 N–H and O–H groups in total. The van der Waals surface area contributed by atoms with E-state index < -0.39 is 0 Å². The third-order valence-electron chi connectivity index (χ3n) is 4.84. The molecule has 4 nitrogen and oxygen atoms in total. The molecule has 0 aliphatic carbocycles. The molecule has 20 heavy (non-hydrogen) atoms. The minimum atomic E-state index is 0.698. The van der Waals surface area contributed by atoms with Crippen molar-refractivity contribution in [1.82, 2.24) is 20.0 Å². The molecule has 0 bridgehead atoms. The Bertz CT molecular complexity index is 465. The number of aromatic nitrogens is 2. The normalized spacial score (nSPS) is 28.1. The maximum absolute atomic E-state index is 4.53. The van der Waals surface area contributed by atoms with E-state index in [1.165, 1.54) is 55.4 Å². The van der Waals surface area contributed by atoms with Gasteiger partial charge in [0.1, 0.15) is 0 Å². The van der Waals surface area contributed by atoms with E-state index in [0.29, 0.717) is 12.1 Å². The molecular formula is C15H25BrN4. The summed E-state index contributed by atoms with van der Waals surface area (Å²) in [5.74, 6) is 0. The van der Waals surface area contributed by atoms with Gasteiger partial charge in [-0.1, -0.05) is 6.42 Å². The SMILES string of the molecule is Cc1nn(C)c(CN2CCCCC2C2CCCN2)c1Br. The fraction of sp³-hybridized carbons (Fsp3) is 0.800. The molecule has 0 amide bonds. The lowest BCUT2D eigenvalue weighted by Crippen LogP contribution is -2.49. The molecule has 1 aromatic heterocycles. The van der Waals surface area contributed by atoms with E-state index in [1.54, 1.807) is 0 Å². The maximum atomic E-state index is 4.53. The van der Waals surface area contributed by atoms with Gasteiger partial charge in [-0.25, -0.2) is 0 Å². The number of hydrogen-bond donors (Lipinski definition) is 1. The molecule has 0 aromatic carbocycles. The van der Waals surface area contributed by atoms with Crippen LogP contribution in [0.5, 0.6) is 0 Å². The Morgan fingerprint density at radius 1 is 1.30 bits per heavy atom. The van der Waals surface area contributed by atoms with Gasteiger partial charge < -0.3 is 5.32 Å².